The molecule has 0 bridgehead atoms. The molecular weight excluding hydrogens is 373 g/mol. The SMILES string of the molecule is Cc1c(F)ccc(-n2ccc3c(O[C@@H]4C5CNCC56OCC46)ncnc32)c1C#N. The van der Waals surface area contributed by atoms with E-state index in [1.54, 1.807) is 17.6 Å². The highest BCUT2D eigenvalue weighted by atomic mass is 19.1. The number of halogens is 1. The van der Waals surface area contributed by atoms with Gasteiger partial charge in [0.15, 0.2) is 5.65 Å². The Labute approximate surface area is 166 Å². The van der Waals surface area contributed by atoms with Crippen molar-refractivity contribution in [3.05, 3.63) is 47.7 Å². The summed E-state index contributed by atoms with van der Waals surface area (Å²) in [6.07, 6.45) is 3.35. The van der Waals surface area contributed by atoms with Crippen molar-refractivity contribution in [1.29, 1.82) is 5.26 Å². The highest BCUT2D eigenvalue weighted by Gasteiger charge is 2.72. The molecular formula is C21H18FN5O2. The summed E-state index contributed by atoms with van der Waals surface area (Å²) in [7, 11) is 0. The van der Waals surface area contributed by atoms with Crippen molar-refractivity contribution >= 4 is 11.0 Å². The van der Waals surface area contributed by atoms with Crippen LogP contribution in [0.2, 0.25) is 0 Å². The lowest BCUT2D eigenvalue weighted by molar-refractivity contribution is -0.322. The topological polar surface area (TPSA) is 85.0 Å². The van der Waals surface area contributed by atoms with Gasteiger partial charge < -0.3 is 14.8 Å². The molecule has 6 rings (SSSR count). The normalized spacial score (nSPS) is 29.5. The summed E-state index contributed by atoms with van der Waals surface area (Å²) in [6, 6.07) is 6.95. The fourth-order valence-electron chi connectivity index (χ4n) is 5.14. The first-order valence-electron chi connectivity index (χ1n) is 9.67. The molecule has 1 spiro atoms. The van der Waals surface area contributed by atoms with E-state index in [2.05, 4.69) is 21.4 Å². The molecule has 3 aromatic rings. The largest absolute Gasteiger partial charge is 0.473 e. The van der Waals surface area contributed by atoms with E-state index in [-0.39, 0.29) is 17.3 Å². The van der Waals surface area contributed by atoms with Gasteiger partial charge >= 0.3 is 0 Å². The molecule has 1 saturated carbocycles. The number of nitriles is 1. The predicted molar refractivity (Wildman–Crippen MR) is 101 cm³/mol. The average Bonchev–Trinajstić information content (AvgIpc) is 3.33. The van der Waals surface area contributed by atoms with Gasteiger partial charge in [0.25, 0.3) is 0 Å². The lowest BCUT2D eigenvalue weighted by Crippen LogP contribution is -2.76. The molecule has 3 unspecified atom stereocenters. The Hall–Kier alpha value is -3.02. The lowest BCUT2D eigenvalue weighted by Gasteiger charge is -2.63. The fraction of sp³-hybridized carbons (Fsp3) is 0.381. The quantitative estimate of drug-likeness (QED) is 0.736. The van der Waals surface area contributed by atoms with Gasteiger partial charge in [0.1, 0.15) is 24.3 Å². The number of hydrogen-bond acceptors (Lipinski definition) is 6. The van der Waals surface area contributed by atoms with Crippen LogP contribution in [-0.4, -0.2) is 45.9 Å². The van der Waals surface area contributed by atoms with Crippen LogP contribution >= 0.6 is 0 Å². The summed E-state index contributed by atoms with van der Waals surface area (Å²) >= 11 is 0. The third-order valence-electron chi connectivity index (χ3n) is 6.79. The Balaban J connectivity index is 1.40. The highest BCUT2D eigenvalue weighted by molar-refractivity contribution is 5.83. The Kier molecular flexibility index (Phi) is 3.35. The fourth-order valence-corrected chi connectivity index (χ4v) is 5.14. The Bertz CT molecular complexity index is 1200. The van der Waals surface area contributed by atoms with E-state index < -0.39 is 5.82 Å². The number of hydrogen-bond donors (Lipinski definition) is 1. The van der Waals surface area contributed by atoms with E-state index >= 15 is 0 Å². The first-order valence-corrected chi connectivity index (χ1v) is 9.67. The van der Waals surface area contributed by atoms with E-state index in [9.17, 15) is 9.65 Å². The van der Waals surface area contributed by atoms with Crippen molar-refractivity contribution < 1.29 is 13.9 Å². The van der Waals surface area contributed by atoms with Crippen molar-refractivity contribution in [2.45, 2.75) is 18.6 Å². The highest BCUT2D eigenvalue weighted by Crippen LogP contribution is 2.57. The molecule has 2 aliphatic heterocycles. The second kappa shape index (κ2) is 5.75. The molecule has 7 nitrogen and oxygen atoms in total. The molecule has 1 aromatic carbocycles. The van der Waals surface area contributed by atoms with E-state index in [0.717, 1.165) is 25.1 Å². The van der Waals surface area contributed by atoms with Crippen LogP contribution in [0.15, 0.2) is 30.7 Å². The van der Waals surface area contributed by atoms with Crippen LogP contribution in [0.5, 0.6) is 5.88 Å². The molecule has 1 aliphatic carbocycles. The second-order valence-electron chi connectivity index (χ2n) is 7.97. The zero-order valence-electron chi connectivity index (χ0n) is 15.7. The number of fused-ring (bicyclic) bond motifs is 1. The van der Waals surface area contributed by atoms with Crippen LogP contribution in [0.25, 0.3) is 16.7 Å². The van der Waals surface area contributed by atoms with Gasteiger partial charge in [-0.15, -0.1) is 0 Å². The van der Waals surface area contributed by atoms with Crippen molar-refractivity contribution in [1.82, 2.24) is 19.9 Å². The Morgan fingerprint density at radius 3 is 3.03 bits per heavy atom. The van der Waals surface area contributed by atoms with Crippen molar-refractivity contribution in [3.8, 4) is 17.6 Å². The molecule has 3 aliphatic rings. The van der Waals surface area contributed by atoms with Crippen LogP contribution in [0.4, 0.5) is 4.39 Å². The maximum absolute atomic E-state index is 13.9. The number of benzene rings is 1. The van der Waals surface area contributed by atoms with Crippen molar-refractivity contribution in [2.24, 2.45) is 11.8 Å². The molecule has 2 saturated heterocycles. The molecule has 0 radical (unpaired) electrons. The molecule has 4 atom stereocenters. The maximum Gasteiger partial charge on any atom is 0.226 e. The van der Waals surface area contributed by atoms with Gasteiger partial charge in [0, 0.05) is 30.8 Å². The zero-order valence-corrected chi connectivity index (χ0v) is 15.7. The molecule has 3 fully saturated rings. The van der Waals surface area contributed by atoms with Gasteiger partial charge in [-0.2, -0.15) is 5.26 Å². The maximum atomic E-state index is 13.9. The Morgan fingerprint density at radius 1 is 1.34 bits per heavy atom. The average molecular weight is 391 g/mol. The number of aromatic nitrogens is 3. The van der Waals surface area contributed by atoms with Crippen LogP contribution < -0.4 is 10.1 Å². The predicted octanol–water partition coefficient (Wildman–Crippen LogP) is 2.11. The zero-order chi connectivity index (χ0) is 19.8. The summed E-state index contributed by atoms with van der Waals surface area (Å²) in [5, 5.41) is 13.7. The van der Waals surface area contributed by atoms with E-state index in [0.29, 0.717) is 34.6 Å². The van der Waals surface area contributed by atoms with E-state index in [4.69, 9.17) is 9.47 Å². The molecule has 8 heteroatoms. The standard InChI is InChI=1S/C21H18FN5O2/c1-11-13(6-23)17(3-2-16(11)22)27-5-4-12-19(27)25-10-26-20(12)29-18-14-7-24-9-21(14)15(18)8-28-21/h2-5,10,14-15,18,24H,7-9H2,1H3/t14?,15?,18-,21?/m1/s1. The van der Waals surface area contributed by atoms with Gasteiger partial charge in [-0.05, 0) is 25.1 Å². The first-order chi connectivity index (χ1) is 14.1. The van der Waals surface area contributed by atoms with Gasteiger partial charge in [-0.3, -0.25) is 4.57 Å². The van der Waals surface area contributed by atoms with Crippen LogP contribution in [0.1, 0.15) is 11.1 Å². The van der Waals surface area contributed by atoms with Crippen LogP contribution in [0, 0.1) is 35.9 Å². The molecule has 0 amide bonds. The minimum absolute atomic E-state index is 0.0456. The molecule has 4 heterocycles. The monoisotopic (exact) mass is 391 g/mol. The number of ether oxygens (including phenoxy) is 2. The minimum Gasteiger partial charge on any atom is -0.473 e. The van der Waals surface area contributed by atoms with Crippen LogP contribution in [0.3, 0.4) is 0 Å². The molecule has 146 valence electrons. The first kappa shape index (κ1) is 16.9. The third-order valence-corrected chi connectivity index (χ3v) is 6.79. The van der Waals surface area contributed by atoms with Crippen LogP contribution in [-0.2, 0) is 4.74 Å². The number of nitrogens with one attached hydrogen (secondary N) is 1. The van der Waals surface area contributed by atoms with Gasteiger partial charge in [-0.1, -0.05) is 0 Å². The Morgan fingerprint density at radius 2 is 2.24 bits per heavy atom. The third kappa shape index (κ3) is 2.06. The molecule has 1 N–H and O–H groups in total. The van der Waals surface area contributed by atoms with Gasteiger partial charge in [0.05, 0.1) is 34.8 Å². The summed E-state index contributed by atoms with van der Waals surface area (Å²) in [5.74, 6) is 0.850. The number of rotatable bonds is 3. The van der Waals surface area contributed by atoms with Crippen molar-refractivity contribution in [3.63, 3.8) is 0 Å². The summed E-state index contributed by atoms with van der Waals surface area (Å²) in [4.78, 5) is 8.77. The molecule has 29 heavy (non-hydrogen) atoms. The number of nitrogens with zero attached hydrogens (tertiary/aromatic N) is 4. The van der Waals surface area contributed by atoms with Crippen molar-refractivity contribution in [2.75, 3.05) is 19.7 Å². The van der Waals surface area contributed by atoms with Gasteiger partial charge in [0.2, 0.25) is 5.88 Å². The van der Waals surface area contributed by atoms with E-state index in [1.807, 2.05) is 12.3 Å². The lowest BCUT2D eigenvalue weighted by atomic mass is 9.57. The second-order valence-corrected chi connectivity index (χ2v) is 7.97. The van der Waals surface area contributed by atoms with E-state index in [1.165, 1.54) is 12.4 Å². The molecule has 2 aromatic heterocycles. The van der Waals surface area contributed by atoms with Gasteiger partial charge in [-0.25, -0.2) is 14.4 Å². The summed E-state index contributed by atoms with van der Waals surface area (Å²) < 4.78 is 27.9. The summed E-state index contributed by atoms with van der Waals surface area (Å²) in [6.45, 7) is 4.10. The summed E-state index contributed by atoms with van der Waals surface area (Å²) in [5.41, 5.74) is 1.77. The smallest absolute Gasteiger partial charge is 0.226 e. The minimum atomic E-state index is -0.401.